The third kappa shape index (κ3) is 3.55. The van der Waals surface area contributed by atoms with Crippen LogP contribution in [0.2, 0.25) is 0 Å². The number of rotatable bonds is 4. The van der Waals surface area contributed by atoms with Crippen LogP contribution in [-0.2, 0) is 0 Å². The van der Waals surface area contributed by atoms with Gasteiger partial charge in [0.15, 0.2) is 0 Å². The number of hydrogen-bond acceptors (Lipinski definition) is 2. The minimum absolute atomic E-state index is 0.898. The van der Waals surface area contributed by atoms with Crippen LogP contribution < -0.4 is 5.32 Å². The van der Waals surface area contributed by atoms with Gasteiger partial charge in [-0.1, -0.05) is 12.2 Å². The number of anilines is 1. The molecule has 0 aromatic heterocycles. The van der Waals surface area contributed by atoms with E-state index >= 15 is 0 Å². The molecule has 0 atom stereocenters. The van der Waals surface area contributed by atoms with E-state index in [1.165, 1.54) is 10.6 Å². The quantitative estimate of drug-likeness (QED) is 0.581. The number of benzene rings is 1. The molecule has 1 rings (SSSR count). The lowest BCUT2D eigenvalue weighted by Crippen LogP contribution is -1.97. The van der Waals surface area contributed by atoms with Crippen LogP contribution >= 0.6 is 11.8 Å². The third-order valence-electron chi connectivity index (χ3n) is 1.75. The second-order valence-corrected chi connectivity index (χ2v) is 3.56. The normalized spacial score (nSPS) is 10.6. The highest BCUT2D eigenvalue weighted by molar-refractivity contribution is 7.98. The molecule has 0 saturated heterocycles. The lowest BCUT2D eigenvalue weighted by atomic mass is 10.3. The van der Waals surface area contributed by atoms with Crippen LogP contribution in [0.25, 0.3) is 0 Å². The zero-order chi connectivity index (χ0) is 9.52. The van der Waals surface area contributed by atoms with Crippen LogP contribution in [0.1, 0.15) is 6.92 Å². The van der Waals surface area contributed by atoms with Crippen molar-refractivity contribution < 1.29 is 0 Å². The Balaban J connectivity index is 2.49. The van der Waals surface area contributed by atoms with Crippen molar-refractivity contribution >= 4 is 17.4 Å². The molecule has 0 amide bonds. The summed E-state index contributed by atoms with van der Waals surface area (Å²) in [5.74, 6) is 0. The Labute approximate surface area is 84.2 Å². The molecule has 0 spiro atoms. The van der Waals surface area contributed by atoms with Gasteiger partial charge < -0.3 is 5.32 Å². The number of nitrogens with one attached hydrogen (secondary N) is 1. The summed E-state index contributed by atoms with van der Waals surface area (Å²) >= 11 is 1.76. The van der Waals surface area contributed by atoms with Crippen molar-refractivity contribution in [2.45, 2.75) is 11.8 Å². The highest BCUT2D eigenvalue weighted by Crippen LogP contribution is 2.17. The van der Waals surface area contributed by atoms with Crippen molar-refractivity contribution in [3.8, 4) is 0 Å². The summed E-state index contributed by atoms with van der Waals surface area (Å²) in [5.41, 5.74) is 1.18. The van der Waals surface area contributed by atoms with Crippen LogP contribution in [0, 0.1) is 0 Å². The van der Waals surface area contributed by atoms with Crippen molar-refractivity contribution in [3.63, 3.8) is 0 Å². The predicted octanol–water partition coefficient (Wildman–Crippen LogP) is 3.40. The van der Waals surface area contributed by atoms with Gasteiger partial charge in [-0.05, 0) is 37.4 Å². The first kappa shape index (κ1) is 10.2. The first-order valence-electron chi connectivity index (χ1n) is 4.36. The molecule has 1 nitrogen and oxygen atoms in total. The van der Waals surface area contributed by atoms with Gasteiger partial charge in [0.2, 0.25) is 0 Å². The average Bonchev–Trinajstić information content (AvgIpc) is 2.19. The lowest BCUT2D eigenvalue weighted by Gasteiger charge is -2.03. The molecule has 0 heterocycles. The highest BCUT2D eigenvalue weighted by Gasteiger charge is 1.90. The van der Waals surface area contributed by atoms with E-state index in [-0.39, 0.29) is 0 Å². The number of thioether (sulfide) groups is 1. The molecule has 13 heavy (non-hydrogen) atoms. The third-order valence-corrected chi connectivity index (χ3v) is 2.49. The van der Waals surface area contributed by atoms with Gasteiger partial charge >= 0.3 is 0 Å². The van der Waals surface area contributed by atoms with Crippen molar-refractivity contribution in [3.05, 3.63) is 36.4 Å². The molecule has 0 aliphatic rings. The molecule has 1 aromatic carbocycles. The lowest BCUT2D eigenvalue weighted by molar-refractivity contribution is 1.31. The summed E-state index contributed by atoms with van der Waals surface area (Å²) < 4.78 is 0. The summed E-state index contributed by atoms with van der Waals surface area (Å²) in [6.45, 7) is 2.92. The molecule has 0 aliphatic carbocycles. The average molecular weight is 193 g/mol. The monoisotopic (exact) mass is 193 g/mol. The largest absolute Gasteiger partial charge is 0.382 e. The smallest absolute Gasteiger partial charge is 0.0343 e. The van der Waals surface area contributed by atoms with E-state index < -0.39 is 0 Å². The van der Waals surface area contributed by atoms with Crippen molar-refractivity contribution in [1.82, 2.24) is 0 Å². The fourth-order valence-corrected chi connectivity index (χ4v) is 1.41. The fourth-order valence-electron chi connectivity index (χ4n) is 1.00. The molecule has 0 aliphatic heterocycles. The summed E-state index contributed by atoms with van der Waals surface area (Å²) in [6.07, 6.45) is 6.23. The second-order valence-electron chi connectivity index (χ2n) is 2.68. The summed E-state index contributed by atoms with van der Waals surface area (Å²) in [4.78, 5) is 1.30. The van der Waals surface area contributed by atoms with Gasteiger partial charge in [0.25, 0.3) is 0 Å². The first-order chi connectivity index (χ1) is 6.36. The van der Waals surface area contributed by atoms with Crippen molar-refractivity contribution in [2.75, 3.05) is 18.1 Å². The molecule has 0 bridgehead atoms. The molecule has 1 N–H and O–H groups in total. The van der Waals surface area contributed by atoms with Gasteiger partial charge in [0, 0.05) is 17.1 Å². The Morgan fingerprint density at radius 1 is 1.31 bits per heavy atom. The molecular weight excluding hydrogens is 178 g/mol. The Hall–Kier alpha value is -0.890. The van der Waals surface area contributed by atoms with Crippen LogP contribution in [0.15, 0.2) is 41.3 Å². The molecular formula is C11H15NS. The molecule has 1 aromatic rings. The molecule has 0 saturated carbocycles. The van der Waals surface area contributed by atoms with Gasteiger partial charge in [-0.3, -0.25) is 0 Å². The van der Waals surface area contributed by atoms with E-state index in [1.54, 1.807) is 11.8 Å². The van der Waals surface area contributed by atoms with Gasteiger partial charge in [-0.15, -0.1) is 11.8 Å². The van der Waals surface area contributed by atoms with Crippen molar-refractivity contribution in [1.29, 1.82) is 0 Å². The van der Waals surface area contributed by atoms with Gasteiger partial charge in [0.05, 0.1) is 0 Å². The maximum absolute atomic E-state index is 3.30. The fraction of sp³-hybridized carbons (Fsp3) is 0.273. The molecule has 0 fully saturated rings. The second kappa shape index (κ2) is 5.70. The van der Waals surface area contributed by atoms with E-state index in [2.05, 4.69) is 41.9 Å². The van der Waals surface area contributed by atoms with Crippen LogP contribution in [0.4, 0.5) is 5.69 Å². The standard InChI is InChI=1S/C11H15NS/c1-3-4-9-12-10-5-7-11(13-2)8-6-10/h3-8,12H,9H2,1-2H3/b4-3+. The van der Waals surface area contributed by atoms with E-state index in [4.69, 9.17) is 0 Å². The molecule has 2 heteroatoms. The predicted molar refractivity (Wildman–Crippen MR) is 61.5 cm³/mol. The highest BCUT2D eigenvalue weighted by atomic mass is 32.2. The Morgan fingerprint density at radius 2 is 2.00 bits per heavy atom. The SMILES string of the molecule is C/C=C/CNc1ccc(SC)cc1. The maximum Gasteiger partial charge on any atom is 0.0343 e. The number of hydrogen-bond donors (Lipinski definition) is 1. The number of allylic oxidation sites excluding steroid dienone is 1. The van der Waals surface area contributed by atoms with Gasteiger partial charge in [-0.2, -0.15) is 0 Å². The first-order valence-corrected chi connectivity index (χ1v) is 5.58. The van der Waals surface area contributed by atoms with E-state index in [1.807, 2.05) is 13.0 Å². The van der Waals surface area contributed by atoms with Crippen LogP contribution in [-0.4, -0.2) is 12.8 Å². The summed E-state index contributed by atoms with van der Waals surface area (Å²) in [6, 6.07) is 8.47. The van der Waals surface area contributed by atoms with Gasteiger partial charge in [-0.25, -0.2) is 0 Å². The topological polar surface area (TPSA) is 12.0 Å². The van der Waals surface area contributed by atoms with E-state index in [0.717, 1.165) is 6.54 Å². The summed E-state index contributed by atoms with van der Waals surface area (Å²) in [5, 5.41) is 3.30. The summed E-state index contributed by atoms with van der Waals surface area (Å²) in [7, 11) is 0. The van der Waals surface area contributed by atoms with Crippen LogP contribution in [0.3, 0.4) is 0 Å². The van der Waals surface area contributed by atoms with Gasteiger partial charge in [0.1, 0.15) is 0 Å². The Morgan fingerprint density at radius 3 is 2.54 bits per heavy atom. The van der Waals surface area contributed by atoms with E-state index in [9.17, 15) is 0 Å². The minimum Gasteiger partial charge on any atom is -0.382 e. The minimum atomic E-state index is 0.898. The molecule has 70 valence electrons. The zero-order valence-electron chi connectivity index (χ0n) is 8.08. The molecule has 0 unspecified atom stereocenters. The van der Waals surface area contributed by atoms with Crippen LogP contribution in [0.5, 0.6) is 0 Å². The Kier molecular flexibility index (Phi) is 4.47. The van der Waals surface area contributed by atoms with Crippen molar-refractivity contribution in [2.24, 2.45) is 0 Å². The maximum atomic E-state index is 3.30. The Bertz CT molecular complexity index is 264. The van der Waals surface area contributed by atoms with E-state index in [0.29, 0.717) is 0 Å². The zero-order valence-corrected chi connectivity index (χ0v) is 8.90. The molecule has 0 radical (unpaired) electrons.